The topological polar surface area (TPSA) is 58.4 Å². The lowest BCUT2D eigenvalue weighted by Crippen LogP contribution is -2.58. The van der Waals surface area contributed by atoms with Gasteiger partial charge < -0.3 is 16.0 Å². The minimum Gasteiger partial charge on any atom is -0.328 e. The van der Waals surface area contributed by atoms with Crippen LogP contribution in [0.3, 0.4) is 0 Å². The Balaban J connectivity index is 2.14. The molecule has 2 rings (SSSR count). The van der Waals surface area contributed by atoms with Gasteiger partial charge in [-0.05, 0) is 31.4 Å². The molecule has 4 heteroatoms. The fraction of sp³-hybridized carbons (Fsp3) is 0.588. The first-order valence-corrected chi connectivity index (χ1v) is 8.05. The molecule has 1 saturated carbocycles. The maximum atomic E-state index is 12.7. The van der Waals surface area contributed by atoms with E-state index in [2.05, 4.69) is 12.2 Å². The molecule has 0 aromatic heterocycles. The quantitative estimate of drug-likeness (QED) is 0.870. The third kappa shape index (κ3) is 3.76. The zero-order chi connectivity index (χ0) is 15.1. The van der Waals surface area contributed by atoms with Crippen molar-refractivity contribution in [2.45, 2.75) is 51.0 Å². The SMILES string of the molecule is CCCN(C(=O)Nc1ccccc1)C1(CN)CCCCC1. The number of para-hydroxylation sites is 1. The highest BCUT2D eigenvalue weighted by Gasteiger charge is 2.39. The molecule has 116 valence electrons. The zero-order valence-corrected chi connectivity index (χ0v) is 13.0. The summed E-state index contributed by atoms with van der Waals surface area (Å²) in [6, 6.07) is 9.62. The van der Waals surface area contributed by atoms with Gasteiger partial charge in [-0.1, -0.05) is 44.4 Å². The summed E-state index contributed by atoms with van der Waals surface area (Å²) in [4.78, 5) is 14.7. The monoisotopic (exact) mass is 289 g/mol. The summed E-state index contributed by atoms with van der Waals surface area (Å²) in [5, 5.41) is 3.01. The van der Waals surface area contributed by atoms with Gasteiger partial charge in [-0.25, -0.2) is 4.79 Å². The van der Waals surface area contributed by atoms with Crippen LogP contribution in [0.1, 0.15) is 45.4 Å². The Morgan fingerprint density at radius 3 is 2.48 bits per heavy atom. The Hall–Kier alpha value is -1.55. The summed E-state index contributed by atoms with van der Waals surface area (Å²) in [5.74, 6) is 0. The molecule has 0 atom stereocenters. The van der Waals surface area contributed by atoms with Crippen molar-refractivity contribution < 1.29 is 4.79 Å². The van der Waals surface area contributed by atoms with Crippen molar-refractivity contribution in [1.29, 1.82) is 0 Å². The number of carbonyl (C=O) groups is 1. The Morgan fingerprint density at radius 2 is 1.90 bits per heavy atom. The molecular formula is C17H27N3O. The van der Waals surface area contributed by atoms with E-state index in [1.807, 2.05) is 35.2 Å². The lowest BCUT2D eigenvalue weighted by atomic mass is 9.80. The van der Waals surface area contributed by atoms with Gasteiger partial charge in [-0.3, -0.25) is 0 Å². The summed E-state index contributed by atoms with van der Waals surface area (Å²) < 4.78 is 0. The van der Waals surface area contributed by atoms with Crippen molar-refractivity contribution in [3.05, 3.63) is 30.3 Å². The molecule has 1 aromatic carbocycles. The molecule has 1 aliphatic carbocycles. The van der Waals surface area contributed by atoms with Gasteiger partial charge in [0.05, 0.1) is 5.54 Å². The number of carbonyl (C=O) groups excluding carboxylic acids is 1. The van der Waals surface area contributed by atoms with E-state index in [1.54, 1.807) is 0 Å². The first-order chi connectivity index (χ1) is 10.2. The number of nitrogens with one attached hydrogen (secondary N) is 1. The molecule has 0 saturated heterocycles. The molecule has 0 spiro atoms. The maximum absolute atomic E-state index is 12.7. The van der Waals surface area contributed by atoms with Gasteiger partial charge in [0.1, 0.15) is 0 Å². The largest absolute Gasteiger partial charge is 0.328 e. The van der Waals surface area contributed by atoms with Gasteiger partial charge in [0.25, 0.3) is 0 Å². The van der Waals surface area contributed by atoms with Crippen LogP contribution in [0.5, 0.6) is 0 Å². The fourth-order valence-corrected chi connectivity index (χ4v) is 3.28. The van der Waals surface area contributed by atoms with Gasteiger partial charge >= 0.3 is 6.03 Å². The molecule has 4 nitrogen and oxygen atoms in total. The number of hydrogen-bond acceptors (Lipinski definition) is 2. The molecule has 0 radical (unpaired) electrons. The molecule has 0 aliphatic heterocycles. The van der Waals surface area contributed by atoms with E-state index in [0.717, 1.165) is 44.3 Å². The second-order valence-electron chi connectivity index (χ2n) is 5.94. The zero-order valence-electron chi connectivity index (χ0n) is 13.0. The molecule has 1 aromatic rings. The molecule has 1 fully saturated rings. The minimum absolute atomic E-state index is 0.0181. The molecule has 1 aliphatic rings. The van der Waals surface area contributed by atoms with Crippen LogP contribution in [0.25, 0.3) is 0 Å². The fourth-order valence-electron chi connectivity index (χ4n) is 3.28. The first-order valence-electron chi connectivity index (χ1n) is 8.05. The number of anilines is 1. The van der Waals surface area contributed by atoms with Gasteiger partial charge in [-0.2, -0.15) is 0 Å². The third-order valence-corrected chi connectivity index (χ3v) is 4.45. The van der Waals surface area contributed by atoms with Gasteiger partial charge in [0.15, 0.2) is 0 Å². The minimum atomic E-state index is -0.160. The normalized spacial score (nSPS) is 17.2. The van der Waals surface area contributed by atoms with Crippen LogP contribution in [0, 0.1) is 0 Å². The van der Waals surface area contributed by atoms with E-state index in [4.69, 9.17) is 5.73 Å². The number of benzene rings is 1. The molecule has 0 heterocycles. The number of rotatable bonds is 5. The highest BCUT2D eigenvalue weighted by atomic mass is 16.2. The number of urea groups is 1. The number of nitrogens with two attached hydrogens (primary N) is 1. The van der Waals surface area contributed by atoms with Gasteiger partial charge in [-0.15, -0.1) is 0 Å². The van der Waals surface area contributed by atoms with Crippen LogP contribution in [0.4, 0.5) is 10.5 Å². The van der Waals surface area contributed by atoms with Crippen LogP contribution in [-0.2, 0) is 0 Å². The van der Waals surface area contributed by atoms with Gasteiger partial charge in [0.2, 0.25) is 0 Å². The first kappa shape index (κ1) is 15.8. The van der Waals surface area contributed by atoms with Crippen LogP contribution in [0.15, 0.2) is 30.3 Å². The van der Waals surface area contributed by atoms with Crippen LogP contribution >= 0.6 is 0 Å². The summed E-state index contributed by atoms with van der Waals surface area (Å²) in [6.45, 7) is 3.42. The highest BCUT2D eigenvalue weighted by Crippen LogP contribution is 2.33. The Morgan fingerprint density at radius 1 is 1.24 bits per heavy atom. The number of hydrogen-bond donors (Lipinski definition) is 2. The van der Waals surface area contributed by atoms with Crippen molar-refractivity contribution in [2.24, 2.45) is 5.73 Å². The lowest BCUT2D eigenvalue weighted by molar-refractivity contribution is 0.0910. The number of amides is 2. The standard InChI is InChI=1S/C17H27N3O/c1-2-13-20(17(14-18)11-7-4-8-12-17)16(21)19-15-9-5-3-6-10-15/h3,5-6,9-10H,2,4,7-8,11-14,18H2,1H3,(H,19,21). The van der Waals surface area contributed by atoms with E-state index in [0.29, 0.717) is 6.54 Å². The predicted molar refractivity (Wildman–Crippen MR) is 87.3 cm³/mol. The molecule has 2 amide bonds. The molecule has 3 N–H and O–H groups in total. The van der Waals surface area contributed by atoms with Crippen molar-refractivity contribution in [1.82, 2.24) is 4.90 Å². The van der Waals surface area contributed by atoms with Crippen LogP contribution in [0.2, 0.25) is 0 Å². The summed E-state index contributed by atoms with van der Waals surface area (Å²) in [6.07, 6.45) is 6.56. The van der Waals surface area contributed by atoms with Gasteiger partial charge in [0, 0.05) is 18.8 Å². The van der Waals surface area contributed by atoms with Crippen LogP contribution in [-0.4, -0.2) is 29.6 Å². The molecule has 0 unspecified atom stereocenters. The van der Waals surface area contributed by atoms with E-state index < -0.39 is 0 Å². The summed E-state index contributed by atoms with van der Waals surface area (Å²) >= 11 is 0. The van der Waals surface area contributed by atoms with E-state index >= 15 is 0 Å². The molecule has 0 bridgehead atoms. The Kier molecular flexibility index (Phi) is 5.62. The second kappa shape index (κ2) is 7.46. The maximum Gasteiger partial charge on any atom is 0.322 e. The molecular weight excluding hydrogens is 262 g/mol. The van der Waals surface area contributed by atoms with Crippen LogP contribution < -0.4 is 11.1 Å². The highest BCUT2D eigenvalue weighted by molar-refractivity contribution is 5.89. The lowest BCUT2D eigenvalue weighted by Gasteiger charge is -2.45. The summed E-state index contributed by atoms with van der Waals surface area (Å²) in [7, 11) is 0. The Bertz CT molecular complexity index is 441. The third-order valence-electron chi connectivity index (χ3n) is 4.45. The average Bonchev–Trinajstić information content (AvgIpc) is 2.54. The van der Waals surface area contributed by atoms with Crippen molar-refractivity contribution in [2.75, 3.05) is 18.4 Å². The van der Waals surface area contributed by atoms with E-state index in [9.17, 15) is 4.79 Å². The van der Waals surface area contributed by atoms with Crippen molar-refractivity contribution >= 4 is 11.7 Å². The Labute approximate surface area is 127 Å². The van der Waals surface area contributed by atoms with Crippen molar-refractivity contribution in [3.63, 3.8) is 0 Å². The van der Waals surface area contributed by atoms with Crippen molar-refractivity contribution in [3.8, 4) is 0 Å². The smallest absolute Gasteiger partial charge is 0.322 e. The van der Waals surface area contributed by atoms with E-state index in [-0.39, 0.29) is 11.6 Å². The second-order valence-corrected chi connectivity index (χ2v) is 5.94. The average molecular weight is 289 g/mol. The number of nitrogens with zero attached hydrogens (tertiary/aromatic N) is 1. The predicted octanol–water partition coefficient (Wildman–Crippen LogP) is 3.59. The molecule has 21 heavy (non-hydrogen) atoms. The summed E-state index contributed by atoms with van der Waals surface area (Å²) in [5.41, 5.74) is 6.76. The van der Waals surface area contributed by atoms with E-state index in [1.165, 1.54) is 6.42 Å².